The van der Waals surface area contributed by atoms with E-state index in [4.69, 9.17) is 35.4 Å². The number of aromatic nitrogens is 8. The van der Waals surface area contributed by atoms with Gasteiger partial charge in [0.25, 0.3) is 0 Å². The lowest BCUT2D eigenvalue weighted by Gasteiger charge is -2.10. The highest BCUT2D eigenvalue weighted by Gasteiger charge is 2.22. The molecule has 0 radical (unpaired) electrons. The molecule has 0 atom stereocenters. The molecular formula is C72H42BrClN8O2. The van der Waals surface area contributed by atoms with Gasteiger partial charge in [0.15, 0.2) is 0 Å². The SMILES string of the molecule is Clc1cccnc1Br.c1ccc(-n2c3cc(-c4nc5ccccc5[nH]4)ccc3c3cc4c(cc32)oc2ccccc24)cc1.c1ccc(-n2c3cc4oc5ccccc5c4cc3c3cc4c(cc32)c2nc3ccccc3n2c2cccnc42)cc1. The fourth-order valence-electron chi connectivity index (χ4n) is 12.4. The molecule has 1 N–H and O–H groups in total. The molecule has 0 spiro atoms. The zero-order valence-corrected chi connectivity index (χ0v) is 46.7. The van der Waals surface area contributed by atoms with E-state index >= 15 is 0 Å². The Bertz CT molecular complexity index is 5800. The molecule has 0 aliphatic rings. The fraction of sp³-hybridized carbons (Fsp3) is 0. The zero-order chi connectivity index (χ0) is 55.6. The standard InChI is InChI=1S/C36H20N4O.C31H19N3O.C5H3BrClN/c1-2-9-21(10-3-1)39-31-19-27-26(35-30(14-8-16-37-35)40-29-13-6-5-12-28(29)38-36(27)40)18-24(31)23-17-25-22-11-4-7-15-33(22)41-34(25)20-32(23)39;1-2-8-20(9-3-1)34-27-16-19(31-32-25-11-5-6-12-26(25)33-31)14-15-21(27)23-17-24-22-10-4-7-13-29(22)35-30(24)18-28(23)34;6-5-4(7)2-1-3-8-5/h1-20H;1-18H,(H,32,33);1-3H. The summed E-state index contributed by atoms with van der Waals surface area (Å²) in [5.74, 6) is 0.873. The van der Waals surface area contributed by atoms with Gasteiger partial charge in [0, 0.05) is 95.3 Å². The van der Waals surface area contributed by atoms with Crippen molar-refractivity contribution in [1.29, 1.82) is 0 Å². The quantitative estimate of drug-likeness (QED) is 0.139. The first-order valence-corrected chi connectivity index (χ1v) is 28.7. The molecule has 0 aliphatic heterocycles. The lowest BCUT2D eigenvalue weighted by molar-refractivity contribution is 0.669. The van der Waals surface area contributed by atoms with E-state index < -0.39 is 0 Å². The van der Waals surface area contributed by atoms with E-state index in [1.165, 1.54) is 21.5 Å². The van der Waals surface area contributed by atoms with Crippen molar-refractivity contribution in [3.8, 4) is 22.8 Å². The smallest absolute Gasteiger partial charge is 0.146 e. The molecule has 84 heavy (non-hydrogen) atoms. The van der Waals surface area contributed by atoms with Crippen LogP contribution in [0.5, 0.6) is 0 Å². The molecule has 0 aliphatic carbocycles. The van der Waals surface area contributed by atoms with Gasteiger partial charge in [-0.15, -0.1) is 0 Å². The maximum atomic E-state index is 6.34. The predicted molar refractivity (Wildman–Crippen MR) is 347 cm³/mol. The summed E-state index contributed by atoms with van der Waals surface area (Å²) >= 11 is 8.75. The van der Waals surface area contributed by atoms with E-state index in [9.17, 15) is 0 Å². The third-order valence-electron chi connectivity index (χ3n) is 16.2. The Morgan fingerprint density at radius 2 is 0.929 bits per heavy atom. The number of H-pyrrole nitrogens is 1. The maximum absolute atomic E-state index is 6.34. The lowest BCUT2D eigenvalue weighted by atomic mass is 10.0. The van der Waals surface area contributed by atoms with Gasteiger partial charge < -0.3 is 23.0 Å². The maximum Gasteiger partial charge on any atom is 0.146 e. The second kappa shape index (κ2) is 19.0. The number of para-hydroxylation sites is 8. The van der Waals surface area contributed by atoms with Crippen LogP contribution in [0, 0.1) is 0 Å². The van der Waals surface area contributed by atoms with Crippen LogP contribution >= 0.6 is 27.5 Å². The van der Waals surface area contributed by atoms with Crippen LogP contribution in [0.2, 0.25) is 5.02 Å². The zero-order valence-electron chi connectivity index (χ0n) is 44.4. The Morgan fingerprint density at radius 3 is 1.58 bits per heavy atom. The van der Waals surface area contributed by atoms with Crippen LogP contribution in [0.25, 0.3) is 160 Å². The second-order valence-electron chi connectivity index (χ2n) is 20.9. The summed E-state index contributed by atoms with van der Waals surface area (Å²) in [7, 11) is 0. The van der Waals surface area contributed by atoms with Crippen molar-refractivity contribution >= 4 is 165 Å². The Balaban J connectivity index is 0.000000118. The lowest BCUT2D eigenvalue weighted by Crippen LogP contribution is -1.95. The number of hydrogen-bond acceptors (Lipinski definition) is 6. The summed E-state index contributed by atoms with van der Waals surface area (Å²) in [5.41, 5.74) is 18.4. The molecule has 10 aromatic carbocycles. The molecule has 0 bridgehead atoms. The van der Waals surface area contributed by atoms with Crippen molar-refractivity contribution in [2.45, 2.75) is 0 Å². The Hall–Kier alpha value is -10.6. The number of halogens is 2. The van der Waals surface area contributed by atoms with Crippen molar-refractivity contribution in [2.75, 3.05) is 0 Å². The van der Waals surface area contributed by atoms with Gasteiger partial charge in [-0.3, -0.25) is 9.38 Å². The molecule has 9 heterocycles. The van der Waals surface area contributed by atoms with Crippen LogP contribution in [-0.2, 0) is 0 Å². The number of imidazole rings is 2. The molecule has 12 heteroatoms. The van der Waals surface area contributed by atoms with Crippen molar-refractivity contribution in [3.05, 3.63) is 259 Å². The fourth-order valence-corrected chi connectivity index (χ4v) is 12.8. The topological polar surface area (TPSA) is 108 Å². The molecule has 19 aromatic rings. The first kappa shape index (κ1) is 48.1. The molecule has 19 rings (SSSR count). The van der Waals surface area contributed by atoms with Gasteiger partial charge in [-0.2, -0.15) is 0 Å². The number of aromatic amines is 1. The molecule has 0 saturated carbocycles. The molecule has 10 nitrogen and oxygen atoms in total. The minimum absolute atomic E-state index is 0.646. The number of rotatable bonds is 3. The van der Waals surface area contributed by atoms with Crippen molar-refractivity contribution in [2.24, 2.45) is 0 Å². The highest BCUT2D eigenvalue weighted by Crippen LogP contribution is 2.43. The first-order chi connectivity index (χ1) is 41.5. The van der Waals surface area contributed by atoms with Crippen LogP contribution in [-0.4, -0.2) is 38.5 Å². The van der Waals surface area contributed by atoms with E-state index in [-0.39, 0.29) is 0 Å². The molecular weight excluding hydrogens is 1120 g/mol. The molecule has 0 saturated heterocycles. The van der Waals surface area contributed by atoms with Gasteiger partial charge in [0.2, 0.25) is 0 Å². The predicted octanol–water partition coefficient (Wildman–Crippen LogP) is 19.9. The van der Waals surface area contributed by atoms with Crippen LogP contribution < -0.4 is 0 Å². The number of pyridine rings is 3. The number of benzene rings is 10. The monoisotopic (exact) mass is 1160 g/mol. The van der Waals surface area contributed by atoms with E-state index in [1.54, 1.807) is 18.3 Å². The highest BCUT2D eigenvalue weighted by molar-refractivity contribution is 9.10. The number of hydrogen-bond donors (Lipinski definition) is 1. The summed E-state index contributed by atoms with van der Waals surface area (Å²) in [4.78, 5) is 22.2. The second-order valence-corrected chi connectivity index (χ2v) is 22.1. The molecule has 9 aromatic heterocycles. The average molecular weight is 1170 g/mol. The van der Waals surface area contributed by atoms with Gasteiger partial charge in [-0.25, -0.2) is 15.0 Å². The van der Waals surface area contributed by atoms with Gasteiger partial charge in [-0.1, -0.05) is 121 Å². The number of nitrogens with one attached hydrogen (secondary N) is 1. The number of furan rings is 2. The third kappa shape index (κ3) is 7.56. The first-order valence-electron chi connectivity index (χ1n) is 27.6. The van der Waals surface area contributed by atoms with Crippen LogP contribution in [0.1, 0.15) is 0 Å². The average Bonchev–Trinajstić information content (AvgIpc) is 2.36. The summed E-state index contributed by atoms with van der Waals surface area (Å²) in [6.07, 6.45) is 3.56. The van der Waals surface area contributed by atoms with Crippen LogP contribution in [0.15, 0.2) is 262 Å². The Labute approximate surface area is 490 Å². The molecule has 0 unspecified atom stereocenters. The van der Waals surface area contributed by atoms with E-state index in [1.807, 2.05) is 60.8 Å². The van der Waals surface area contributed by atoms with E-state index in [0.29, 0.717) is 9.63 Å². The van der Waals surface area contributed by atoms with Crippen molar-refractivity contribution in [3.63, 3.8) is 0 Å². The minimum atomic E-state index is 0.646. The molecule has 396 valence electrons. The van der Waals surface area contributed by atoms with Crippen LogP contribution in [0.4, 0.5) is 0 Å². The molecule has 0 amide bonds. The van der Waals surface area contributed by atoms with Gasteiger partial charge in [0.1, 0.15) is 38.4 Å². The van der Waals surface area contributed by atoms with Crippen molar-refractivity contribution < 1.29 is 8.83 Å². The van der Waals surface area contributed by atoms with Gasteiger partial charge in [-0.05, 0) is 131 Å². The molecule has 0 fully saturated rings. The highest BCUT2D eigenvalue weighted by atomic mass is 79.9. The summed E-state index contributed by atoms with van der Waals surface area (Å²) in [6, 6.07) is 81.9. The summed E-state index contributed by atoms with van der Waals surface area (Å²) in [5, 5.41) is 12.1. The van der Waals surface area contributed by atoms with E-state index in [0.717, 1.165) is 138 Å². The third-order valence-corrected chi connectivity index (χ3v) is 17.3. The van der Waals surface area contributed by atoms with Crippen molar-refractivity contribution in [1.82, 2.24) is 38.5 Å². The van der Waals surface area contributed by atoms with Gasteiger partial charge >= 0.3 is 0 Å². The Kier molecular flexibility index (Phi) is 10.9. The number of nitrogens with zero attached hydrogens (tertiary/aromatic N) is 7. The summed E-state index contributed by atoms with van der Waals surface area (Å²) in [6.45, 7) is 0. The van der Waals surface area contributed by atoms with E-state index in [2.05, 4.69) is 209 Å². The normalized spacial score (nSPS) is 11.9. The largest absolute Gasteiger partial charge is 0.456 e. The van der Waals surface area contributed by atoms with Crippen LogP contribution in [0.3, 0.4) is 0 Å². The van der Waals surface area contributed by atoms with Gasteiger partial charge in [0.05, 0.1) is 60.2 Å². The summed E-state index contributed by atoms with van der Waals surface area (Å²) < 4.78 is 20.2. The Morgan fingerprint density at radius 1 is 0.381 bits per heavy atom. The number of fused-ring (bicyclic) bond motifs is 21. The minimum Gasteiger partial charge on any atom is -0.456 e.